The molecule has 1 aromatic heterocycles. The van der Waals surface area contributed by atoms with Crippen molar-refractivity contribution < 1.29 is 37.0 Å². The number of carboxylic acid groups (broad SMARTS) is 1. The van der Waals surface area contributed by atoms with Crippen LogP contribution in [0.1, 0.15) is 21.7 Å². The summed E-state index contributed by atoms with van der Waals surface area (Å²) >= 11 is 0. The Kier molecular flexibility index (Phi) is 5.81. The van der Waals surface area contributed by atoms with Crippen LogP contribution in [0.4, 0.5) is 18.9 Å². The van der Waals surface area contributed by atoms with E-state index in [0.717, 1.165) is 6.07 Å². The predicted molar refractivity (Wildman–Crippen MR) is 101 cm³/mol. The standard InChI is InChI=1S/C21H16F3NO5/c1-29-14-8-6-12(7-9-14)17-11-15(19(30-17)21(22,23)24)20(28)25-16-5-3-2-4-13(16)10-18(26)27/h2-9,11H,10H2,1H3,(H,25,28)(H,26,27). The Morgan fingerprint density at radius 3 is 2.37 bits per heavy atom. The van der Waals surface area contributed by atoms with E-state index in [9.17, 15) is 22.8 Å². The van der Waals surface area contributed by atoms with Crippen LogP contribution in [0.15, 0.2) is 59.0 Å². The van der Waals surface area contributed by atoms with Gasteiger partial charge in [-0.05, 0) is 42.0 Å². The summed E-state index contributed by atoms with van der Waals surface area (Å²) in [6, 6.07) is 13.1. The van der Waals surface area contributed by atoms with Crippen LogP contribution in [0.5, 0.6) is 5.75 Å². The molecule has 3 aromatic rings. The maximum atomic E-state index is 13.5. The summed E-state index contributed by atoms with van der Waals surface area (Å²) in [4.78, 5) is 23.6. The van der Waals surface area contributed by atoms with Gasteiger partial charge in [-0.15, -0.1) is 0 Å². The van der Waals surface area contributed by atoms with Crippen LogP contribution in [0, 0.1) is 0 Å². The molecule has 9 heteroatoms. The van der Waals surface area contributed by atoms with Crippen molar-refractivity contribution in [1.29, 1.82) is 0 Å². The number of hydrogen-bond acceptors (Lipinski definition) is 4. The van der Waals surface area contributed by atoms with Crippen molar-refractivity contribution in [2.24, 2.45) is 0 Å². The quantitative estimate of drug-likeness (QED) is 0.596. The molecule has 156 valence electrons. The minimum Gasteiger partial charge on any atom is -0.497 e. The number of anilines is 1. The van der Waals surface area contributed by atoms with Gasteiger partial charge in [-0.2, -0.15) is 13.2 Å². The number of hydrogen-bond donors (Lipinski definition) is 2. The van der Waals surface area contributed by atoms with Crippen LogP contribution in [0.2, 0.25) is 0 Å². The largest absolute Gasteiger partial charge is 0.497 e. The monoisotopic (exact) mass is 419 g/mol. The molecule has 1 amide bonds. The third-order valence-corrected chi connectivity index (χ3v) is 4.22. The number of carbonyl (C=O) groups excluding carboxylic acids is 1. The zero-order chi connectivity index (χ0) is 21.9. The molecule has 2 N–H and O–H groups in total. The number of furan rings is 1. The van der Waals surface area contributed by atoms with Gasteiger partial charge >= 0.3 is 12.1 Å². The van der Waals surface area contributed by atoms with Crippen LogP contribution in [0.25, 0.3) is 11.3 Å². The number of aliphatic carboxylic acids is 1. The maximum Gasteiger partial charge on any atom is 0.450 e. The second kappa shape index (κ2) is 8.32. The molecule has 0 aliphatic carbocycles. The highest BCUT2D eigenvalue weighted by Gasteiger charge is 2.40. The lowest BCUT2D eigenvalue weighted by Crippen LogP contribution is -2.18. The SMILES string of the molecule is COc1ccc(-c2cc(C(=O)Nc3ccccc3CC(=O)O)c(C(F)(F)F)o2)cc1. The molecule has 0 saturated heterocycles. The van der Waals surface area contributed by atoms with Crippen molar-refractivity contribution in [1.82, 2.24) is 0 Å². The molecule has 6 nitrogen and oxygen atoms in total. The topological polar surface area (TPSA) is 88.8 Å². The van der Waals surface area contributed by atoms with E-state index in [2.05, 4.69) is 5.32 Å². The number of para-hydroxylation sites is 1. The van der Waals surface area contributed by atoms with E-state index in [4.69, 9.17) is 14.3 Å². The summed E-state index contributed by atoms with van der Waals surface area (Å²) in [5, 5.41) is 11.3. The van der Waals surface area contributed by atoms with Crippen LogP contribution in [-0.2, 0) is 17.4 Å². The molecule has 0 aliphatic rings. The molecule has 2 aromatic carbocycles. The molecule has 0 fully saturated rings. The summed E-state index contributed by atoms with van der Waals surface area (Å²) in [6.07, 6.45) is -5.30. The van der Waals surface area contributed by atoms with Gasteiger partial charge in [0.25, 0.3) is 5.91 Å². The lowest BCUT2D eigenvalue weighted by Gasteiger charge is -2.10. The Balaban J connectivity index is 1.97. The second-order valence-electron chi connectivity index (χ2n) is 6.26. The molecule has 0 spiro atoms. The number of carboxylic acids is 1. The van der Waals surface area contributed by atoms with Crippen LogP contribution in [0.3, 0.4) is 0 Å². The van der Waals surface area contributed by atoms with Crippen LogP contribution < -0.4 is 10.1 Å². The Labute approximate surface area is 168 Å². The number of amides is 1. The van der Waals surface area contributed by atoms with Gasteiger partial charge in [0.1, 0.15) is 11.5 Å². The Bertz CT molecular complexity index is 1070. The smallest absolute Gasteiger partial charge is 0.450 e. The lowest BCUT2D eigenvalue weighted by molar-refractivity contribution is -0.153. The normalized spacial score (nSPS) is 11.2. The Morgan fingerprint density at radius 1 is 1.10 bits per heavy atom. The summed E-state index contributed by atoms with van der Waals surface area (Å²) in [7, 11) is 1.45. The first kappa shape index (κ1) is 21.0. The van der Waals surface area contributed by atoms with Gasteiger partial charge in [0.2, 0.25) is 5.76 Å². The van der Waals surface area contributed by atoms with Gasteiger partial charge in [0, 0.05) is 11.3 Å². The number of carbonyl (C=O) groups is 2. The van der Waals surface area contributed by atoms with Gasteiger partial charge in [0.05, 0.1) is 19.1 Å². The van der Waals surface area contributed by atoms with Gasteiger partial charge in [-0.3, -0.25) is 9.59 Å². The number of methoxy groups -OCH3 is 1. The van der Waals surface area contributed by atoms with Gasteiger partial charge in [-0.1, -0.05) is 18.2 Å². The van der Waals surface area contributed by atoms with E-state index in [-0.39, 0.29) is 17.0 Å². The molecule has 0 saturated carbocycles. The molecule has 0 bridgehead atoms. The van der Waals surface area contributed by atoms with E-state index in [1.54, 1.807) is 18.2 Å². The van der Waals surface area contributed by atoms with Gasteiger partial charge in [-0.25, -0.2) is 0 Å². The summed E-state index contributed by atoms with van der Waals surface area (Å²) in [5.41, 5.74) is -0.0268. The fourth-order valence-electron chi connectivity index (χ4n) is 2.82. The summed E-state index contributed by atoms with van der Waals surface area (Å²) in [6.45, 7) is 0. The fourth-order valence-corrected chi connectivity index (χ4v) is 2.82. The van der Waals surface area contributed by atoms with E-state index in [0.29, 0.717) is 11.3 Å². The van der Waals surface area contributed by atoms with Crippen molar-refractivity contribution in [3.63, 3.8) is 0 Å². The number of halogens is 3. The van der Waals surface area contributed by atoms with Gasteiger partial charge in [0.15, 0.2) is 0 Å². The second-order valence-corrected chi connectivity index (χ2v) is 6.26. The zero-order valence-corrected chi connectivity index (χ0v) is 15.6. The first-order valence-corrected chi connectivity index (χ1v) is 8.65. The predicted octanol–water partition coefficient (Wildman–Crippen LogP) is 4.85. The minimum atomic E-state index is -4.90. The highest BCUT2D eigenvalue weighted by atomic mass is 19.4. The zero-order valence-electron chi connectivity index (χ0n) is 15.6. The van der Waals surface area contributed by atoms with Crippen molar-refractivity contribution in [2.75, 3.05) is 12.4 Å². The van der Waals surface area contributed by atoms with Crippen molar-refractivity contribution in [3.05, 3.63) is 71.5 Å². The van der Waals surface area contributed by atoms with Crippen LogP contribution in [-0.4, -0.2) is 24.1 Å². The average Bonchev–Trinajstić information content (AvgIpc) is 3.15. The molecule has 0 aliphatic heterocycles. The Morgan fingerprint density at radius 2 is 1.77 bits per heavy atom. The fraction of sp³-hybridized carbons (Fsp3) is 0.143. The average molecular weight is 419 g/mol. The molecule has 1 heterocycles. The van der Waals surface area contributed by atoms with E-state index in [1.165, 1.54) is 37.4 Å². The van der Waals surface area contributed by atoms with Crippen molar-refractivity contribution >= 4 is 17.6 Å². The number of alkyl halides is 3. The number of rotatable bonds is 6. The third kappa shape index (κ3) is 4.62. The number of nitrogens with one attached hydrogen (secondary N) is 1. The van der Waals surface area contributed by atoms with Crippen LogP contribution >= 0.6 is 0 Å². The molecule has 0 unspecified atom stereocenters. The first-order valence-electron chi connectivity index (χ1n) is 8.65. The van der Waals surface area contributed by atoms with Gasteiger partial charge < -0.3 is 19.6 Å². The number of benzene rings is 2. The molecule has 3 rings (SSSR count). The molecule has 0 atom stereocenters. The summed E-state index contributed by atoms with van der Waals surface area (Å²) in [5.74, 6) is -3.29. The molecular formula is C21H16F3NO5. The molecule has 30 heavy (non-hydrogen) atoms. The lowest BCUT2D eigenvalue weighted by atomic mass is 10.1. The van der Waals surface area contributed by atoms with E-state index in [1.807, 2.05) is 0 Å². The molecule has 0 radical (unpaired) electrons. The third-order valence-electron chi connectivity index (χ3n) is 4.22. The first-order chi connectivity index (χ1) is 14.2. The highest BCUT2D eigenvalue weighted by molar-refractivity contribution is 6.06. The van der Waals surface area contributed by atoms with Crippen molar-refractivity contribution in [3.8, 4) is 17.1 Å². The molecular weight excluding hydrogens is 403 g/mol. The highest BCUT2D eigenvalue weighted by Crippen LogP contribution is 2.38. The Hall–Kier alpha value is -3.75. The van der Waals surface area contributed by atoms with E-state index >= 15 is 0 Å². The summed E-state index contributed by atoms with van der Waals surface area (Å²) < 4.78 is 50.4. The number of ether oxygens (including phenoxy) is 1. The minimum absolute atomic E-state index is 0.102. The van der Waals surface area contributed by atoms with Crippen molar-refractivity contribution in [2.45, 2.75) is 12.6 Å². The maximum absolute atomic E-state index is 13.5. The van der Waals surface area contributed by atoms with E-state index < -0.39 is 35.8 Å².